The predicted octanol–water partition coefficient (Wildman–Crippen LogP) is 14.3. The highest BCUT2D eigenvalue weighted by Gasteiger charge is 2.46. The molecular weight excluding hydrogens is 739 g/mol. The molecule has 0 saturated carbocycles. The molecule has 2 heterocycles. The van der Waals surface area contributed by atoms with Crippen molar-refractivity contribution in [3.8, 4) is 67.2 Å². The molecule has 0 aliphatic heterocycles. The molecule has 1 aliphatic rings. The van der Waals surface area contributed by atoms with Crippen LogP contribution in [-0.4, -0.2) is 15.0 Å². The highest BCUT2D eigenvalue weighted by Crippen LogP contribution is 2.57. The van der Waals surface area contributed by atoms with Gasteiger partial charge in [0.15, 0.2) is 0 Å². The summed E-state index contributed by atoms with van der Waals surface area (Å²) in [5, 5.41) is 2.38. The molecule has 0 fully saturated rings. The van der Waals surface area contributed by atoms with E-state index in [0.717, 1.165) is 50.7 Å². The third kappa shape index (κ3) is 6.25. The van der Waals surface area contributed by atoms with Crippen LogP contribution in [-0.2, 0) is 5.41 Å². The van der Waals surface area contributed by atoms with Crippen molar-refractivity contribution in [1.29, 1.82) is 0 Å². The van der Waals surface area contributed by atoms with Crippen LogP contribution in [0.3, 0.4) is 0 Å². The zero-order valence-electron chi connectivity index (χ0n) is 34.0. The molecule has 288 valence electrons. The standard InChI is InChI=1S/C58H41N3/c1-38-26-31-55(59-37-38)45-19-12-18-43(33-45)41-16-11-17-42(32-41)44-27-29-50-52-34-46(56-36-57(61-39(2)60-56)51-25-13-15-40-14-9-10-24-49(40)51)28-30-53(52)58(54(50)35-44,47-20-5-3-6-21-47)48-22-7-4-8-23-48/h3-37H,1-2H3. The van der Waals surface area contributed by atoms with Crippen LogP contribution in [0.25, 0.3) is 77.9 Å². The minimum absolute atomic E-state index is 0.551. The Balaban J connectivity index is 1.07. The number of hydrogen-bond acceptors (Lipinski definition) is 3. The van der Waals surface area contributed by atoms with E-state index in [0.29, 0.717) is 0 Å². The van der Waals surface area contributed by atoms with Gasteiger partial charge in [0.25, 0.3) is 0 Å². The van der Waals surface area contributed by atoms with Crippen LogP contribution in [0.15, 0.2) is 212 Å². The Bertz CT molecular complexity index is 3220. The summed E-state index contributed by atoms with van der Waals surface area (Å²) in [4.78, 5) is 14.7. The summed E-state index contributed by atoms with van der Waals surface area (Å²) < 4.78 is 0. The van der Waals surface area contributed by atoms with Crippen LogP contribution >= 0.6 is 0 Å². The number of nitrogens with zero attached hydrogens (tertiary/aromatic N) is 3. The van der Waals surface area contributed by atoms with Gasteiger partial charge in [-0.3, -0.25) is 4.98 Å². The Kier molecular flexibility index (Phi) is 8.82. The number of aromatic nitrogens is 3. The normalized spacial score (nSPS) is 12.6. The van der Waals surface area contributed by atoms with Crippen molar-refractivity contribution in [3.63, 3.8) is 0 Å². The van der Waals surface area contributed by atoms with Crippen molar-refractivity contribution >= 4 is 10.8 Å². The lowest BCUT2D eigenvalue weighted by atomic mass is 9.67. The summed E-state index contributed by atoms with van der Waals surface area (Å²) in [6.07, 6.45) is 1.93. The van der Waals surface area contributed by atoms with Crippen LogP contribution in [0.5, 0.6) is 0 Å². The smallest absolute Gasteiger partial charge is 0.126 e. The molecule has 0 radical (unpaired) electrons. The minimum Gasteiger partial charge on any atom is -0.256 e. The molecule has 0 bridgehead atoms. The molecule has 0 atom stereocenters. The zero-order valence-corrected chi connectivity index (χ0v) is 34.0. The molecule has 10 aromatic rings. The number of aryl methyl sites for hydroxylation is 2. The van der Waals surface area contributed by atoms with Gasteiger partial charge in [0.1, 0.15) is 5.82 Å². The topological polar surface area (TPSA) is 38.7 Å². The van der Waals surface area contributed by atoms with Gasteiger partial charge < -0.3 is 0 Å². The first-order valence-electron chi connectivity index (χ1n) is 20.9. The molecule has 0 spiro atoms. The number of pyridine rings is 1. The van der Waals surface area contributed by atoms with E-state index >= 15 is 0 Å². The summed E-state index contributed by atoms with van der Waals surface area (Å²) in [6, 6.07) is 75.0. The van der Waals surface area contributed by atoms with E-state index in [9.17, 15) is 0 Å². The van der Waals surface area contributed by atoms with E-state index in [-0.39, 0.29) is 0 Å². The molecule has 0 amide bonds. The molecule has 11 rings (SSSR count). The van der Waals surface area contributed by atoms with Gasteiger partial charge in [-0.1, -0.05) is 170 Å². The summed E-state index contributed by atoms with van der Waals surface area (Å²) in [5.41, 5.74) is 18.8. The lowest BCUT2D eigenvalue weighted by Gasteiger charge is -2.34. The van der Waals surface area contributed by atoms with Gasteiger partial charge in [-0.2, -0.15) is 0 Å². The molecule has 0 saturated heterocycles. The number of benzene rings is 8. The summed E-state index contributed by atoms with van der Waals surface area (Å²) >= 11 is 0. The number of hydrogen-bond donors (Lipinski definition) is 0. The first kappa shape index (κ1) is 36.3. The van der Waals surface area contributed by atoms with Crippen LogP contribution in [0.1, 0.15) is 33.6 Å². The molecule has 61 heavy (non-hydrogen) atoms. The van der Waals surface area contributed by atoms with Crippen molar-refractivity contribution in [2.75, 3.05) is 0 Å². The lowest BCUT2D eigenvalue weighted by Crippen LogP contribution is -2.28. The van der Waals surface area contributed by atoms with Crippen LogP contribution < -0.4 is 0 Å². The van der Waals surface area contributed by atoms with Gasteiger partial charge in [0.2, 0.25) is 0 Å². The molecular formula is C58H41N3. The van der Waals surface area contributed by atoms with Crippen LogP contribution in [0, 0.1) is 13.8 Å². The number of rotatable bonds is 7. The highest BCUT2D eigenvalue weighted by atomic mass is 14.9. The van der Waals surface area contributed by atoms with E-state index in [4.69, 9.17) is 15.0 Å². The predicted molar refractivity (Wildman–Crippen MR) is 251 cm³/mol. The highest BCUT2D eigenvalue weighted by molar-refractivity contribution is 5.96. The molecule has 0 N–H and O–H groups in total. The first-order valence-corrected chi connectivity index (χ1v) is 20.9. The Morgan fingerprint density at radius 2 is 0.951 bits per heavy atom. The monoisotopic (exact) mass is 779 g/mol. The summed E-state index contributed by atoms with van der Waals surface area (Å²) in [6.45, 7) is 4.06. The second-order valence-corrected chi connectivity index (χ2v) is 16.1. The molecule has 3 heteroatoms. The van der Waals surface area contributed by atoms with Crippen LogP contribution in [0.2, 0.25) is 0 Å². The van der Waals surface area contributed by atoms with Crippen molar-refractivity contribution in [2.24, 2.45) is 0 Å². The van der Waals surface area contributed by atoms with Crippen molar-refractivity contribution in [1.82, 2.24) is 15.0 Å². The third-order valence-electron chi connectivity index (χ3n) is 12.3. The average Bonchev–Trinajstić information content (AvgIpc) is 3.62. The molecule has 8 aromatic carbocycles. The second-order valence-electron chi connectivity index (χ2n) is 16.1. The van der Waals surface area contributed by atoms with E-state index in [1.807, 2.05) is 13.1 Å². The van der Waals surface area contributed by atoms with Gasteiger partial charge >= 0.3 is 0 Å². The van der Waals surface area contributed by atoms with E-state index in [1.165, 1.54) is 60.8 Å². The van der Waals surface area contributed by atoms with Crippen molar-refractivity contribution in [3.05, 3.63) is 246 Å². The fraction of sp³-hybridized carbons (Fsp3) is 0.0517. The largest absolute Gasteiger partial charge is 0.256 e. The maximum Gasteiger partial charge on any atom is 0.126 e. The summed E-state index contributed by atoms with van der Waals surface area (Å²) in [5.74, 6) is 0.745. The molecule has 1 aliphatic carbocycles. The quantitative estimate of drug-likeness (QED) is 0.162. The van der Waals surface area contributed by atoms with Crippen LogP contribution in [0.4, 0.5) is 0 Å². The van der Waals surface area contributed by atoms with Gasteiger partial charge in [-0.15, -0.1) is 0 Å². The first-order chi connectivity index (χ1) is 30.0. The zero-order chi connectivity index (χ0) is 40.9. The Morgan fingerprint density at radius 1 is 0.361 bits per heavy atom. The molecule has 3 nitrogen and oxygen atoms in total. The van der Waals surface area contributed by atoms with E-state index < -0.39 is 5.41 Å². The average molecular weight is 780 g/mol. The fourth-order valence-corrected chi connectivity index (χ4v) is 9.51. The third-order valence-corrected chi connectivity index (χ3v) is 12.3. The molecule has 0 unspecified atom stereocenters. The maximum atomic E-state index is 5.04. The second kappa shape index (κ2) is 14.8. The Labute approximate surface area is 356 Å². The maximum absolute atomic E-state index is 5.04. The lowest BCUT2D eigenvalue weighted by molar-refractivity contribution is 0.769. The fourth-order valence-electron chi connectivity index (χ4n) is 9.51. The van der Waals surface area contributed by atoms with Gasteiger partial charge in [-0.25, -0.2) is 9.97 Å². The van der Waals surface area contributed by atoms with Gasteiger partial charge in [0, 0.05) is 22.9 Å². The van der Waals surface area contributed by atoms with Crippen molar-refractivity contribution in [2.45, 2.75) is 19.3 Å². The molecule has 2 aromatic heterocycles. The number of fused-ring (bicyclic) bond motifs is 4. The van der Waals surface area contributed by atoms with Crippen molar-refractivity contribution < 1.29 is 0 Å². The van der Waals surface area contributed by atoms with Gasteiger partial charge in [-0.05, 0) is 122 Å². The Hall–Kier alpha value is -7.75. The minimum atomic E-state index is -0.551. The Morgan fingerprint density at radius 3 is 1.67 bits per heavy atom. The SMILES string of the molecule is Cc1ccc(-c2cccc(-c3cccc(-c4ccc5c(c4)C(c4ccccc4)(c4ccccc4)c4ccc(-c6cc(-c7cccc8ccccc78)nc(C)n6)cc4-5)c3)c2)nc1. The van der Waals surface area contributed by atoms with E-state index in [2.05, 4.69) is 213 Å². The van der Waals surface area contributed by atoms with Gasteiger partial charge in [0.05, 0.1) is 22.5 Å². The summed E-state index contributed by atoms with van der Waals surface area (Å²) in [7, 11) is 0. The van der Waals surface area contributed by atoms with E-state index in [1.54, 1.807) is 0 Å².